The van der Waals surface area contributed by atoms with Crippen molar-refractivity contribution in [1.82, 2.24) is 9.55 Å². The van der Waals surface area contributed by atoms with Crippen molar-refractivity contribution in [2.75, 3.05) is 5.73 Å². The lowest BCUT2D eigenvalue weighted by Crippen LogP contribution is -2.19. The summed E-state index contributed by atoms with van der Waals surface area (Å²) in [6.07, 6.45) is 3.34. The van der Waals surface area contributed by atoms with Crippen LogP contribution in [0.1, 0.15) is 0 Å². The van der Waals surface area contributed by atoms with Crippen molar-refractivity contribution in [3.05, 3.63) is 57.1 Å². The molecule has 6 heteroatoms. The standard InChI is InChI=1S/C15H11Cl2N3O/c1-20-13-2-3-19-7-8(13)4-10(15(20)21)14-11(16)5-9(18)6-12(14)17/h2-7H,18H2,1H3. The van der Waals surface area contributed by atoms with Crippen LogP contribution in [0.3, 0.4) is 0 Å². The molecule has 0 atom stereocenters. The van der Waals surface area contributed by atoms with Crippen molar-refractivity contribution in [2.45, 2.75) is 0 Å². The summed E-state index contributed by atoms with van der Waals surface area (Å²) in [5.74, 6) is 0. The Morgan fingerprint density at radius 1 is 1.19 bits per heavy atom. The monoisotopic (exact) mass is 319 g/mol. The average Bonchev–Trinajstić information content (AvgIpc) is 2.43. The van der Waals surface area contributed by atoms with Crippen LogP contribution in [0.25, 0.3) is 22.0 Å². The van der Waals surface area contributed by atoms with E-state index in [4.69, 9.17) is 28.9 Å². The molecule has 0 unspecified atom stereocenters. The van der Waals surface area contributed by atoms with Gasteiger partial charge in [-0.15, -0.1) is 0 Å². The Morgan fingerprint density at radius 3 is 2.52 bits per heavy atom. The zero-order valence-corrected chi connectivity index (χ0v) is 12.6. The van der Waals surface area contributed by atoms with Crippen molar-refractivity contribution >= 4 is 39.8 Å². The van der Waals surface area contributed by atoms with Crippen LogP contribution in [-0.4, -0.2) is 9.55 Å². The topological polar surface area (TPSA) is 60.9 Å². The molecule has 4 nitrogen and oxygen atoms in total. The normalized spacial score (nSPS) is 11.0. The molecular weight excluding hydrogens is 309 g/mol. The summed E-state index contributed by atoms with van der Waals surface area (Å²) in [6, 6.07) is 6.69. The first kappa shape index (κ1) is 13.9. The van der Waals surface area contributed by atoms with Gasteiger partial charge < -0.3 is 10.3 Å². The second kappa shape index (κ2) is 5.06. The van der Waals surface area contributed by atoms with Gasteiger partial charge in [0.1, 0.15) is 0 Å². The Hall–Kier alpha value is -2.04. The molecule has 0 aliphatic carbocycles. The predicted molar refractivity (Wildman–Crippen MR) is 86.9 cm³/mol. The first-order valence-corrected chi connectivity index (χ1v) is 6.93. The van der Waals surface area contributed by atoms with Crippen molar-refractivity contribution < 1.29 is 0 Å². The minimum atomic E-state index is -0.178. The third-order valence-electron chi connectivity index (χ3n) is 3.36. The fraction of sp³-hybridized carbons (Fsp3) is 0.0667. The van der Waals surface area contributed by atoms with Gasteiger partial charge in [-0.1, -0.05) is 23.2 Å². The molecule has 0 fully saturated rings. The van der Waals surface area contributed by atoms with Crippen molar-refractivity contribution in [2.24, 2.45) is 7.05 Å². The highest BCUT2D eigenvalue weighted by Crippen LogP contribution is 2.35. The Bertz CT molecular complexity index is 895. The molecule has 21 heavy (non-hydrogen) atoms. The van der Waals surface area contributed by atoms with E-state index in [1.54, 1.807) is 48.3 Å². The van der Waals surface area contributed by atoms with Gasteiger partial charge in [-0.25, -0.2) is 0 Å². The van der Waals surface area contributed by atoms with Gasteiger partial charge >= 0.3 is 0 Å². The summed E-state index contributed by atoms with van der Waals surface area (Å²) in [6.45, 7) is 0. The minimum Gasteiger partial charge on any atom is -0.399 e. The fourth-order valence-corrected chi connectivity index (χ4v) is 3.06. The summed E-state index contributed by atoms with van der Waals surface area (Å²) in [7, 11) is 1.70. The number of aromatic nitrogens is 2. The molecule has 2 heterocycles. The Morgan fingerprint density at radius 2 is 1.86 bits per heavy atom. The number of benzene rings is 1. The van der Waals surface area contributed by atoms with Crippen LogP contribution >= 0.6 is 23.2 Å². The van der Waals surface area contributed by atoms with Crippen LogP contribution in [-0.2, 0) is 7.05 Å². The number of pyridine rings is 2. The van der Waals surface area contributed by atoms with E-state index < -0.39 is 0 Å². The maximum atomic E-state index is 12.6. The molecule has 0 bridgehead atoms. The second-order valence-electron chi connectivity index (χ2n) is 4.72. The van der Waals surface area contributed by atoms with Gasteiger partial charge in [0.2, 0.25) is 0 Å². The molecule has 0 amide bonds. The largest absolute Gasteiger partial charge is 0.399 e. The molecule has 2 N–H and O–H groups in total. The van der Waals surface area contributed by atoms with E-state index in [0.29, 0.717) is 26.9 Å². The Balaban J connectivity index is 2.42. The van der Waals surface area contributed by atoms with Gasteiger partial charge in [-0.2, -0.15) is 0 Å². The molecule has 0 saturated carbocycles. The molecule has 1 aromatic carbocycles. The lowest BCUT2D eigenvalue weighted by molar-refractivity contribution is 0.907. The number of rotatable bonds is 1. The summed E-state index contributed by atoms with van der Waals surface area (Å²) in [4.78, 5) is 16.6. The van der Waals surface area contributed by atoms with Gasteiger partial charge in [0.05, 0.1) is 21.1 Å². The fourth-order valence-electron chi connectivity index (χ4n) is 2.35. The summed E-state index contributed by atoms with van der Waals surface area (Å²) in [5.41, 5.74) is 7.68. The Labute approximate surface area is 130 Å². The second-order valence-corrected chi connectivity index (χ2v) is 5.53. The van der Waals surface area contributed by atoms with Crippen LogP contribution < -0.4 is 11.3 Å². The molecule has 3 aromatic rings. The zero-order valence-electron chi connectivity index (χ0n) is 11.1. The number of fused-ring (bicyclic) bond motifs is 1. The number of hydrogen-bond acceptors (Lipinski definition) is 3. The van der Waals surface area contributed by atoms with E-state index in [0.717, 1.165) is 10.9 Å². The van der Waals surface area contributed by atoms with E-state index in [2.05, 4.69) is 4.98 Å². The van der Waals surface area contributed by atoms with Crippen LogP contribution in [0, 0.1) is 0 Å². The third-order valence-corrected chi connectivity index (χ3v) is 3.95. The van der Waals surface area contributed by atoms with Crippen LogP contribution in [0.2, 0.25) is 10.0 Å². The highest BCUT2D eigenvalue weighted by molar-refractivity contribution is 6.39. The molecule has 106 valence electrons. The van der Waals surface area contributed by atoms with E-state index in [1.807, 2.05) is 0 Å². The first-order valence-electron chi connectivity index (χ1n) is 6.17. The number of aryl methyl sites for hydroxylation is 1. The lowest BCUT2D eigenvalue weighted by Gasteiger charge is -2.11. The summed E-state index contributed by atoms with van der Waals surface area (Å²) in [5, 5.41) is 1.53. The van der Waals surface area contributed by atoms with E-state index >= 15 is 0 Å². The van der Waals surface area contributed by atoms with Crippen molar-refractivity contribution in [3.8, 4) is 11.1 Å². The molecule has 0 aliphatic heterocycles. The van der Waals surface area contributed by atoms with Gasteiger partial charge in [-0.05, 0) is 24.3 Å². The quantitative estimate of drug-likeness (QED) is 0.698. The van der Waals surface area contributed by atoms with Gasteiger partial charge in [0.25, 0.3) is 5.56 Å². The maximum Gasteiger partial charge on any atom is 0.258 e. The van der Waals surface area contributed by atoms with E-state index in [9.17, 15) is 4.79 Å². The number of nitrogens with two attached hydrogens (primary N) is 1. The van der Waals surface area contributed by atoms with Crippen molar-refractivity contribution in [1.29, 1.82) is 0 Å². The SMILES string of the molecule is Cn1c(=O)c(-c2c(Cl)cc(N)cc2Cl)cc2cnccc21. The third kappa shape index (κ3) is 2.26. The number of halogens is 2. The highest BCUT2D eigenvalue weighted by atomic mass is 35.5. The summed E-state index contributed by atoms with van der Waals surface area (Å²) >= 11 is 12.4. The van der Waals surface area contributed by atoms with Crippen LogP contribution in [0.15, 0.2) is 41.5 Å². The molecule has 0 spiro atoms. The van der Waals surface area contributed by atoms with Gasteiger partial charge in [0, 0.05) is 36.1 Å². The lowest BCUT2D eigenvalue weighted by atomic mass is 10.0. The predicted octanol–water partition coefficient (Wildman–Crippen LogP) is 3.49. The number of nitrogen functional groups attached to an aromatic ring is 1. The van der Waals surface area contributed by atoms with Gasteiger partial charge in [0.15, 0.2) is 0 Å². The van der Waals surface area contributed by atoms with Crippen LogP contribution in [0.4, 0.5) is 5.69 Å². The maximum absolute atomic E-state index is 12.6. The van der Waals surface area contributed by atoms with Crippen molar-refractivity contribution in [3.63, 3.8) is 0 Å². The molecule has 0 saturated heterocycles. The average molecular weight is 320 g/mol. The number of hydrogen-bond donors (Lipinski definition) is 1. The number of nitrogens with zero attached hydrogens (tertiary/aromatic N) is 2. The van der Waals surface area contributed by atoms with Gasteiger partial charge in [-0.3, -0.25) is 9.78 Å². The smallest absolute Gasteiger partial charge is 0.258 e. The summed E-state index contributed by atoms with van der Waals surface area (Å²) < 4.78 is 1.55. The molecule has 0 radical (unpaired) electrons. The first-order chi connectivity index (χ1) is 9.99. The van der Waals surface area contributed by atoms with E-state index in [1.165, 1.54) is 0 Å². The molecular formula is C15H11Cl2N3O. The Kier molecular flexibility index (Phi) is 3.35. The minimum absolute atomic E-state index is 0.178. The molecule has 0 aliphatic rings. The van der Waals surface area contributed by atoms with E-state index in [-0.39, 0.29) is 5.56 Å². The number of anilines is 1. The highest BCUT2D eigenvalue weighted by Gasteiger charge is 2.15. The molecule has 3 rings (SSSR count). The zero-order chi connectivity index (χ0) is 15.1. The van der Waals surface area contributed by atoms with Crippen LogP contribution in [0.5, 0.6) is 0 Å². The molecule has 2 aromatic heterocycles.